The van der Waals surface area contributed by atoms with Crippen LogP contribution >= 0.6 is 39.9 Å². The lowest BCUT2D eigenvalue weighted by Gasteiger charge is -2.27. The summed E-state index contributed by atoms with van der Waals surface area (Å²) in [4.78, 5) is 6.10. The van der Waals surface area contributed by atoms with Crippen LogP contribution in [-0.2, 0) is 11.3 Å². The summed E-state index contributed by atoms with van der Waals surface area (Å²) >= 11 is 3.18. The maximum atomic E-state index is 13.1. The molecule has 1 heterocycles. The molecule has 0 aliphatic carbocycles. The lowest BCUT2D eigenvalue weighted by molar-refractivity contribution is 0.0674. The molecule has 8 heteroatoms. The zero-order chi connectivity index (χ0) is 13.8. The molecule has 2 rings (SSSR count). The van der Waals surface area contributed by atoms with Crippen LogP contribution in [0, 0.1) is 11.6 Å². The highest BCUT2D eigenvalue weighted by Gasteiger charge is 2.13. The minimum atomic E-state index is -0.890. The molecule has 112 valence electrons. The maximum Gasteiger partial charge on any atom is 0.191 e. The van der Waals surface area contributed by atoms with Crippen LogP contribution in [-0.4, -0.2) is 37.2 Å². The van der Waals surface area contributed by atoms with Gasteiger partial charge in [-0.2, -0.15) is 0 Å². The van der Waals surface area contributed by atoms with E-state index in [9.17, 15) is 8.78 Å². The van der Waals surface area contributed by atoms with Gasteiger partial charge in [0.15, 0.2) is 17.6 Å². The van der Waals surface area contributed by atoms with Gasteiger partial charge < -0.3 is 15.4 Å². The summed E-state index contributed by atoms with van der Waals surface area (Å²) in [5.41, 5.74) is 6.40. The fraction of sp³-hybridized carbons (Fsp3) is 0.417. The number of nitrogens with two attached hydrogens (primary N) is 1. The Bertz CT molecular complexity index is 496. The van der Waals surface area contributed by atoms with Crippen LogP contribution in [0.3, 0.4) is 0 Å². The summed E-state index contributed by atoms with van der Waals surface area (Å²) in [7, 11) is 0. The van der Waals surface area contributed by atoms with E-state index in [1.807, 2.05) is 4.90 Å². The molecular formula is C12H15BrF2IN3O. The standard InChI is InChI=1S/C12H14BrF2N3O.HI/c13-9-6-11(15)10(14)5-8(9)7-17-12(16)18-1-3-19-4-2-18;/h5-6H,1-4,7H2,(H2,16,17);1H. The lowest BCUT2D eigenvalue weighted by Crippen LogP contribution is -2.44. The first-order valence-corrected chi connectivity index (χ1v) is 6.63. The number of benzene rings is 1. The number of guanidine groups is 1. The Morgan fingerprint density at radius 3 is 2.55 bits per heavy atom. The molecule has 2 N–H and O–H groups in total. The SMILES string of the molecule is I.NC(=NCc1cc(F)c(F)cc1Br)N1CCOCC1. The largest absolute Gasteiger partial charge is 0.378 e. The van der Waals surface area contributed by atoms with Gasteiger partial charge in [0.1, 0.15) is 0 Å². The van der Waals surface area contributed by atoms with E-state index in [1.165, 1.54) is 0 Å². The van der Waals surface area contributed by atoms with Gasteiger partial charge in [0.25, 0.3) is 0 Å². The van der Waals surface area contributed by atoms with Crippen LogP contribution in [0.5, 0.6) is 0 Å². The molecule has 0 radical (unpaired) electrons. The zero-order valence-corrected chi connectivity index (χ0v) is 14.5. The van der Waals surface area contributed by atoms with E-state index in [4.69, 9.17) is 10.5 Å². The van der Waals surface area contributed by atoms with Crippen LogP contribution in [0.15, 0.2) is 21.6 Å². The second kappa shape index (κ2) is 8.08. The highest BCUT2D eigenvalue weighted by atomic mass is 127. The van der Waals surface area contributed by atoms with Crippen LogP contribution in [0.4, 0.5) is 8.78 Å². The third-order valence-electron chi connectivity index (χ3n) is 2.84. The van der Waals surface area contributed by atoms with Gasteiger partial charge in [0, 0.05) is 17.6 Å². The highest BCUT2D eigenvalue weighted by Crippen LogP contribution is 2.21. The first-order chi connectivity index (χ1) is 9.08. The average molecular weight is 462 g/mol. The third-order valence-corrected chi connectivity index (χ3v) is 3.57. The first-order valence-electron chi connectivity index (χ1n) is 5.84. The van der Waals surface area contributed by atoms with E-state index in [0.717, 1.165) is 12.1 Å². The van der Waals surface area contributed by atoms with Crippen LogP contribution < -0.4 is 5.73 Å². The third kappa shape index (κ3) is 4.52. The van der Waals surface area contributed by atoms with Gasteiger partial charge in [-0.1, -0.05) is 15.9 Å². The Labute approximate surface area is 141 Å². The number of halogens is 4. The minimum Gasteiger partial charge on any atom is -0.378 e. The summed E-state index contributed by atoms with van der Waals surface area (Å²) in [6.07, 6.45) is 0. The molecule has 0 saturated carbocycles. The van der Waals surface area contributed by atoms with Gasteiger partial charge >= 0.3 is 0 Å². The molecule has 0 bridgehead atoms. The van der Waals surface area contributed by atoms with Crippen molar-refractivity contribution >= 4 is 45.9 Å². The number of hydrogen-bond donors (Lipinski definition) is 1. The average Bonchev–Trinajstić information content (AvgIpc) is 2.42. The van der Waals surface area contributed by atoms with Crippen molar-refractivity contribution in [2.45, 2.75) is 6.54 Å². The molecule has 1 aliphatic rings. The molecule has 0 amide bonds. The van der Waals surface area contributed by atoms with Gasteiger partial charge in [-0.3, -0.25) is 0 Å². The van der Waals surface area contributed by atoms with Crippen LogP contribution in [0.25, 0.3) is 0 Å². The molecule has 0 unspecified atom stereocenters. The van der Waals surface area contributed by atoms with Crippen molar-refractivity contribution in [2.75, 3.05) is 26.3 Å². The summed E-state index contributed by atoms with van der Waals surface area (Å²) in [6.45, 7) is 2.81. The van der Waals surface area contributed by atoms with Gasteiger partial charge in [0.2, 0.25) is 0 Å². The summed E-state index contributed by atoms with van der Waals surface area (Å²) < 4.78 is 31.8. The molecule has 1 aliphatic heterocycles. The monoisotopic (exact) mass is 461 g/mol. The second-order valence-electron chi connectivity index (χ2n) is 4.13. The Kier molecular flexibility index (Phi) is 7.10. The van der Waals surface area contributed by atoms with E-state index >= 15 is 0 Å². The first kappa shape index (κ1) is 17.6. The molecule has 0 spiro atoms. The Hall–Kier alpha value is -0.480. The number of morpholine rings is 1. The number of hydrogen-bond acceptors (Lipinski definition) is 2. The van der Waals surface area contributed by atoms with Crippen molar-refractivity contribution in [1.29, 1.82) is 0 Å². The number of nitrogens with zero attached hydrogens (tertiary/aromatic N) is 2. The van der Waals surface area contributed by atoms with Gasteiger partial charge in [-0.25, -0.2) is 13.8 Å². The van der Waals surface area contributed by atoms with E-state index in [1.54, 1.807) is 0 Å². The predicted octanol–water partition coefficient (Wildman–Crippen LogP) is 2.49. The molecule has 4 nitrogen and oxygen atoms in total. The Balaban J connectivity index is 0.00000200. The zero-order valence-electron chi connectivity index (χ0n) is 10.6. The van der Waals surface area contributed by atoms with Crippen molar-refractivity contribution in [3.05, 3.63) is 33.8 Å². The van der Waals surface area contributed by atoms with Gasteiger partial charge in [-0.15, -0.1) is 24.0 Å². The quantitative estimate of drug-likeness (QED) is 0.318. The molecule has 0 atom stereocenters. The Morgan fingerprint density at radius 2 is 1.90 bits per heavy atom. The summed E-state index contributed by atoms with van der Waals surface area (Å²) in [5, 5.41) is 0. The highest BCUT2D eigenvalue weighted by molar-refractivity contribution is 14.0. The lowest BCUT2D eigenvalue weighted by atomic mass is 10.2. The van der Waals surface area contributed by atoms with Crippen molar-refractivity contribution < 1.29 is 13.5 Å². The van der Waals surface area contributed by atoms with Crippen LogP contribution in [0.2, 0.25) is 0 Å². The van der Waals surface area contributed by atoms with E-state index < -0.39 is 11.6 Å². The Morgan fingerprint density at radius 1 is 1.30 bits per heavy atom. The molecular weight excluding hydrogens is 447 g/mol. The summed E-state index contributed by atoms with van der Waals surface area (Å²) in [6, 6.07) is 2.21. The summed E-state index contributed by atoms with van der Waals surface area (Å²) in [5.74, 6) is -1.39. The van der Waals surface area contributed by atoms with E-state index in [0.29, 0.717) is 42.3 Å². The number of rotatable bonds is 2. The number of aliphatic imine (C=N–C) groups is 1. The van der Waals surface area contributed by atoms with E-state index in [-0.39, 0.29) is 30.5 Å². The minimum absolute atomic E-state index is 0. The van der Waals surface area contributed by atoms with Crippen molar-refractivity contribution in [3.8, 4) is 0 Å². The van der Waals surface area contributed by atoms with Crippen molar-refractivity contribution in [3.63, 3.8) is 0 Å². The maximum absolute atomic E-state index is 13.1. The number of ether oxygens (including phenoxy) is 1. The second-order valence-corrected chi connectivity index (χ2v) is 4.99. The fourth-order valence-electron chi connectivity index (χ4n) is 1.74. The molecule has 0 aromatic heterocycles. The molecule has 1 fully saturated rings. The van der Waals surface area contributed by atoms with Gasteiger partial charge in [0.05, 0.1) is 19.8 Å². The van der Waals surface area contributed by atoms with Crippen LogP contribution in [0.1, 0.15) is 5.56 Å². The van der Waals surface area contributed by atoms with Crippen molar-refractivity contribution in [1.82, 2.24) is 4.90 Å². The van der Waals surface area contributed by atoms with Gasteiger partial charge in [-0.05, 0) is 17.7 Å². The smallest absolute Gasteiger partial charge is 0.191 e. The normalized spacial score (nSPS) is 15.9. The molecule has 20 heavy (non-hydrogen) atoms. The predicted molar refractivity (Wildman–Crippen MR) is 87.2 cm³/mol. The molecule has 1 aromatic rings. The fourth-order valence-corrected chi connectivity index (χ4v) is 2.18. The molecule has 1 aromatic carbocycles. The van der Waals surface area contributed by atoms with E-state index in [2.05, 4.69) is 20.9 Å². The molecule has 1 saturated heterocycles. The van der Waals surface area contributed by atoms with Crippen molar-refractivity contribution in [2.24, 2.45) is 10.7 Å². The topological polar surface area (TPSA) is 50.8 Å².